The van der Waals surface area contributed by atoms with Gasteiger partial charge in [0.1, 0.15) is 11.6 Å². The van der Waals surface area contributed by atoms with E-state index in [2.05, 4.69) is 159 Å². The van der Waals surface area contributed by atoms with E-state index >= 15 is 0 Å². The van der Waals surface area contributed by atoms with Gasteiger partial charge >= 0.3 is 0 Å². The molecular weight excluding hydrogens is 536 g/mol. The maximum absolute atomic E-state index is 5.11. The van der Waals surface area contributed by atoms with Crippen molar-refractivity contribution >= 4 is 0 Å². The molecule has 4 nitrogen and oxygen atoms in total. The zero-order valence-electron chi connectivity index (χ0n) is 25.4. The summed E-state index contributed by atoms with van der Waals surface area (Å²) in [6.07, 6.45) is 0. The monoisotopic (exact) mass is 570 g/mol. The Bertz CT molecular complexity index is 1760. The van der Waals surface area contributed by atoms with Crippen LogP contribution in [-0.4, -0.2) is 19.9 Å². The molecule has 7 aromatic rings. The number of aromatic amines is 2. The first-order valence-corrected chi connectivity index (χ1v) is 15.0. The Morgan fingerprint density at radius 2 is 0.568 bits per heavy atom. The van der Waals surface area contributed by atoms with Crippen LogP contribution < -0.4 is 0 Å². The van der Waals surface area contributed by atoms with Crippen LogP contribution in [0.15, 0.2) is 121 Å². The van der Waals surface area contributed by atoms with Crippen LogP contribution in [0.25, 0.3) is 67.8 Å². The van der Waals surface area contributed by atoms with Gasteiger partial charge in [-0.3, -0.25) is 0 Å². The van der Waals surface area contributed by atoms with Gasteiger partial charge in [0.05, 0.1) is 22.8 Å². The van der Waals surface area contributed by atoms with Gasteiger partial charge in [0.2, 0.25) is 0 Å². The number of imidazole rings is 2. The lowest BCUT2D eigenvalue weighted by atomic mass is 10.0. The number of rotatable bonds is 6. The molecule has 214 valence electrons. The van der Waals surface area contributed by atoms with Gasteiger partial charge in [0.15, 0.2) is 0 Å². The van der Waals surface area contributed by atoms with E-state index in [-0.39, 0.29) is 0 Å². The second-order valence-corrected chi connectivity index (χ2v) is 11.7. The van der Waals surface area contributed by atoms with Crippen LogP contribution in [0, 0.1) is 27.7 Å². The average Bonchev–Trinajstić information content (AvgIpc) is 3.69. The van der Waals surface area contributed by atoms with Crippen molar-refractivity contribution in [3.8, 4) is 67.8 Å². The molecule has 0 saturated carbocycles. The Labute approximate surface area is 258 Å². The quantitative estimate of drug-likeness (QED) is 0.209. The van der Waals surface area contributed by atoms with E-state index < -0.39 is 0 Å². The van der Waals surface area contributed by atoms with Crippen molar-refractivity contribution in [1.82, 2.24) is 19.9 Å². The van der Waals surface area contributed by atoms with Crippen molar-refractivity contribution in [3.63, 3.8) is 0 Å². The molecule has 0 amide bonds. The number of aryl methyl sites for hydroxylation is 4. The van der Waals surface area contributed by atoms with Gasteiger partial charge in [0.25, 0.3) is 0 Å². The number of aromatic nitrogens is 4. The SMILES string of the molecule is Cc1ccc(-c2nc(-c3ccc(-c4nc(-c5ccc(C)cc5)c(-c5ccc(C)cc5)[nH]4)cc3)[nH]c2-c2ccc(C)cc2)cc1. The molecule has 44 heavy (non-hydrogen) atoms. The lowest BCUT2D eigenvalue weighted by Crippen LogP contribution is -1.84. The summed E-state index contributed by atoms with van der Waals surface area (Å²) >= 11 is 0. The highest BCUT2D eigenvalue weighted by Crippen LogP contribution is 2.36. The Balaban J connectivity index is 1.27. The highest BCUT2D eigenvalue weighted by atomic mass is 14.9. The smallest absolute Gasteiger partial charge is 0.138 e. The predicted octanol–water partition coefficient (Wildman–Crippen LogP) is 10.4. The maximum atomic E-state index is 5.11. The third-order valence-electron chi connectivity index (χ3n) is 8.17. The molecule has 0 atom stereocenters. The molecule has 0 aliphatic heterocycles. The van der Waals surface area contributed by atoms with Crippen molar-refractivity contribution in [2.75, 3.05) is 0 Å². The van der Waals surface area contributed by atoms with Crippen molar-refractivity contribution in [1.29, 1.82) is 0 Å². The van der Waals surface area contributed by atoms with Gasteiger partial charge in [-0.2, -0.15) is 0 Å². The summed E-state index contributed by atoms with van der Waals surface area (Å²) in [6, 6.07) is 42.8. The molecule has 5 aromatic carbocycles. The van der Waals surface area contributed by atoms with E-state index in [1.165, 1.54) is 22.3 Å². The molecule has 2 N–H and O–H groups in total. The minimum absolute atomic E-state index is 0.836. The zero-order valence-corrected chi connectivity index (χ0v) is 25.4. The summed E-state index contributed by atoms with van der Waals surface area (Å²) in [4.78, 5) is 17.5. The van der Waals surface area contributed by atoms with E-state index in [9.17, 15) is 0 Å². The minimum atomic E-state index is 0.836. The highest BCUT2D eigenvalue weighted by Gasteiger charge is 2.18. The maximum Gasteiger partial charge on any atom is 0.138 e. The summed E-state index contributed by atoms with van der Waals surface area (Å²) in [6.45, 7) is 8.43. The first kappa shape index (κ1) is 27.4. The van der Waals surface area contributed by atoms with Crippen molar-refractivity contribution in [3.05, 3.63) is 144 Å². The molecule has 0 fully saturated rings. The van der Waals surface area contributed by atoms with Crippen LogP contribution in [0.1, 0.15) is 22.3 Å². The van der Waals surface area contributed by atoms with Gasteiger partial charge in [-0.25, -0.2) is 9.97 Å². The fourth-order valence-electron chi connectivity index (χ4n) is 5.50. The van der Waals surface area contributed by atoms with Crippen molar-refractivity contribution in [2.45, 2.75) is 27.7 Å². The average molecular weight is 571 g/mol. The lowest BCUT2D eigenvalue weighted by molar-refractivity contribution is 1.29. The van der Waals surface area contributed by atoms with Crippen LogP contribution >= 0.6 is 0 Å². The Hall–Kier alpha value is -5.48. The van der Waals surface area contributed by atoms with Gasteiger partial charge in [0, 0.05) is 33.4 Å². The molecule has 2 aromatic heterocycles. The Morgan fingerprint density at radius 3 is 0.864 bits per heavy atom. The molecule has 0 aliphatic rings. The van der Waals surface area contributed by atoms with E-state index in [1.54, 1.807) is 0 Å². The summed E-state index contributed by atoms with van der Waals surface area (Å²) in [5, 5.41) is 0. The summed E-state index contributed by atoms with van der Waals surface area (Å²) in [5.74, 6) is 1.67. The molecule has 4 heteroatoms. The molecular formula is C40H34N4. The fraction of sp³-hybridized carbons (Fsp3) is 0.100. The third-order valence-corrected chi connectivity index (χ3v) is 8.17. The Morgan fingerprint density at radius 1 is 0.318 bits per heavy atom. The molecule has 0 bridgehead atoms. The highest BCUT2D eigenvalue weighted by molar-refractivity contribution is 5.83. The molecule has 7 rings (SSSR count). The van der Waals surface area contributed by atoms with Crippen molar-refractivity contribution < 1.29 is 0 Å². The van der Waals surface area contributed by atoms with E-state index in [1.807, 2.05) is 0 Å². The molecule has 0 saturated heterocycles. The topological polar surface area (TPSA) is 57.4 Å². The Kier molecular flexibility index (Phi) is 7.03. The normalized spacial score (nSPS) is 11.2. The van der Waals surface area contributed by atoms with Crippen molar-refractivity contribution in [2.24, 2.45) is 0 Å². The molecule has 0 radical (unpaired) electrons. The second kappa shape index (κ2) is 11.3. The number of hydrogen-bond acceptors (Lipinski definition) is 2. The van der Waals surface area contributed by atoms with Crippen LogP contribution in [-0.2, 0) is 0 Å². The van der Waals surface area contributed by atoms with Gasteiger partial charge in [-0.05, 0) is 27.7 Å². The molecule has 2 heterocycles. The molecule has 0 spiro atoms. The summed E-state index contributed by atoms with van der Waals surface area (Å²) in [7, 11) is 0. The fourth-order valence-corrected chi connectivity index (χ4v) is 5.50. The minimum Gasteiger partial charge on any atom is -0.337 e. The lowest BCUT2D eigenvalue weighted by Gasteiger charge is -2.04. The van der Waals surface area contributed by atoms with Crippen LogP contribution in [0.2, 0.25) is 0 Å². The van der Waals surface area contributed by atoms with E-state index in [4.69, 9.17) is 9.97 Å². The second-order valence-electron chi connectivity index (χ2n) is 11.7. The van der Waals surface area contributed by atoms with Crippen LogP contribution in [0.4, 0.5) is 0 Å². The first-order chi connectivity index (χ1) is 21.4. The van der Waals surface area contributed by atoms with E-state index in [0.29, 0.717) is 0 Å². The number of nitrogens with one attached hydrogen (secondary N) is 2. The van der Waals surface area contributed by atoms with Gasteiger partial charge in [-0.1, -0.05) is 144 Å². The summed E-state index contributed by atoms with van der Waals surface area (Å²) in [5.41, 5.74) is 15.3. The number of H-pyrrole nitrogens is 2. The zero-order chi connectivity index (χ0) is 30.2. The van der Waals surface area contributed by atoms with Crippen LogP contribution in [0.3, 0.4) is 0 Å². The number of benzene rings is 5. The first-order valence-electron chi connectivity index (χ1n) is 15.0. The third kappa shape index (κ3) is 5.38. The van der Waals surface area contributed by atoms with E-state index in [0.717, 1.165) is 67.8 Å². The van der Waals surface area contributed by atoms with Gasteiger partial charge < -0.3 is 9.97 Å². The number of hydrogen-bond donors (Lipinski definition) is 2. The standard InChI is InChI=1S/C40H34N4/c1-25-5-13-29(14-6-25)35-36(30-15-7-26(2)8-16-30)42-39(41-35)33-21-23-34(24-22-33)40-43-37(31-17-9-27(3)10-18-31)38(44-40)32-19-11-28(4)12-20-32/h5-24H,1-4H3,(H,41,42)(H,43,44). The predicted molar refractivity (Wildman–Crippen MR) is 182 cm³/mol. The molecule has 0 unspecified atom stereocenters. The number of nitrogens with zero attached hydrogens (tertiary/aromatic N) is 2. The largest absolute Gasteiger partial charge is 0.337 e. The van der Waals surface area contributed by atoms with Gasteiger partial charge in [-0.15, -0.1) is 0 Å². The molecule has 0 aliphatic carbocycles. The summed E-state index contributed by atoms with van der Waals surface area (Å²) < 4.78 is 0. The van der Waals surface area contributed by atoms with Crippen LogP contribution in [0.5, 0.6) is 0 Å².